The number of rotatable bonds is 10. The Balaban J connectivity index is 2.20. The van der Waals surface area contributed by atoms with Crippen molar-refractivity contribution in [2.24, 2.45) is 7.05 Å². The average Bonchev–Trinajstić information content (AvgIpc) is 3.12. The third kappa shape index (κ3) is 6.34. The molecule has 6 nitrogen and oxygen atoms in total. The maximum absolute atomic E-state index is 13.2. The predicted molar refractivity (Wildman–Crippen MR) is 115 cm³/mol. The number of benzene rings is 1. The van der Waals surface area contributed by atoms with Gasteiger partial charge in [0.1, 0.15) is 6.54 Å². The third-order valence-corrected chi connectivity index (χ3v) is 5.32. The molecule has 2 amide bonds. The van der Waals surface area contributed by atoms with Gasteiger partial charge in [-0.1, -0.05) is 24.6 Å². The molecule has 1 heterocycles. The zero-order chi connectivity index (χ0) is 21.4. The molecule has 2 rings (SSSR count). The summed E-state index contributed by atoms with van der Waals surface area (Å²) < 4.78 is 7.16. The van der Waals surface area contributed by atoms with Gasteiger partial charge in [0.25, 0.3) is 5.91 Å². The largest absolute Gasteiger partial charge is 0.383 e. The van der Waals surface area contributed by atoms with Gasteiger partial charge in [-0.25, -0.2) is 0 Å². The van der Waals surface area contributed by atoms with Crippen LogP contribution < -0.4 is 0 Å². The maximum atomic E-state index is 13.2. The van der Waals surface area contributed by atoms with Gasteiger partial charge in [0.2, 0.25) is 5.91 Å². The molecule has 2 aromatic rings. The van der Waals surface area contributed by atoms with Crippen molar-refractivity contribution in [1.82, 2.24) is 14.4 Å². The molecule has 1 aromatic carbocycles. The first-order valence-electron chi connectivity index (χ1n) is 9.80. The van der Waals surface area contributed by atoms with E-state index < -0.39 is 0 Å². The number of nitrogens with zero attached hydrogens (tertiary/aromatic N) is 3. The van der Waals surface area contributed by atoms with Crippen molar-refractivity contribution < 1.29 is 14.3 Å². The van der Waals surface area contributed by atoms with E-state index in [0.717, 1.165) is 12.1 Å². The number of methoxy groups -OCH3 is 1. The van der Waals surface area contributed by atoms with Crippen molar-refractivity contribution in [3.63, 3.8) is 0 Å². The van der Waals surface area contributed by atoms with Gasteiger partial charge < -0.3 is 19.1 Å². The molecule has 0 N–H and O–H groups in total. The second-order valence-corrected chi connectivity index (χ2v) is 7.56. The number of amides is 2. The third-order valence-electron chi connectivity index (χ3n) is 5.08. The lowest BCUT2D eigenvalue weighted by atomic mass is 10.1. The monoisotopic (exact) mass is 419 g/mol. The van der Waals surface area contributed by atoms with E-state index in [2.05, 4.69) is 0 Å². The quantitative estimate of drug-likeness (QED) is 0.591. The van der Waals surface area contributed by atoms with Crippen molar-refractivity contribution in [3.8, 4) is 0 Å². The number of carbonyl (C=O) groups excluding carboxylic acids is 2. The molecule has 29 heavy (non-hydrogen) atoms. The minimum atomic E-state index is -0.194. The molecule has 7 heteroatoms. The SMILES string of the molecule is CC[C@H](C)N(CC(=O)N(CCOC)Cc1cccn1C)C(=O)c1cccc(Cl)c1. The van der Waals surface area contributed by atoms with Crippen LogP contribution in [-0.4, -0.2) is 59.0 Å². The molecule has 1 atom stereocenters. The van der Waals surface area contributed by atoms with Crippen LogP contribution in [0.2, 0.25) is 5.02 Å². The van der Waals surface area contributed by atoms with Crippen molar-refractivity contribution in [3.05, 3.63) is 58.9 Å². The first-order valence-corrected chi connectivity index (χ1v) is 10.2. The van der Waals surface area contributed by atoms with Crippen LogP contribution in [0.3, 0.4) is 0 Å². The fraction of sp³-hybridized carbons (Fsp3) is 0.455. The number of halogens is 1. The summed E-state index contributed by atoms with van der Waals surface area (Å²) in [6.45, 7) is 5.31. The average molecular weight is 420 g/mol. The number of aryl methyl sites for hydroxylation is 1. The van der Waals surface area contributed by atoms with E-state index in [9.17, 15) is 9.59 Å². The minimum Gasteiger partial charge on any atom is -0.383 e. The van der Waals surface area contributed by atoms with E-state index in [-0.39, 0.29) is 24.4 Å². The molecular weight excluding hydrogens is 390 g/mol. The van der Waals surface area contributed by atoms with Crippen molar-refractivity contribution in [2.45, 2.75) is 32.9 Å². The van der Waals surface area contributed by atoms with Gasteiger partial charge in [0.15, 0.2) is 0 Å². The summed E-state index contributed by atoms with van der Waals surface area (Å²) in [5.41, 5.74) is 1.50. The van der Waals surface area contributed by atoms with Crippen molar-refractivity contribution in [2.75, 3.05) is 26.8 Å². The highest BCUT2D eigenvalue weighted by atomic mass is 35.5. The zero-order valence-corrected chi connectivity index (χ0v) is 18.4. The van der Waals surface area contributed by atoms with Gasteiger partial charge in [0, 0.05) is 49.2 Å². The Hall–Kier alpha value is -2.31. The molecule has 0 aliphatic rings. The maximum Gasteiger partial charge on any atom is 0.254 e. The Kier molecular flexibility index (Phi) is 8.73. The van der Waals surface area contributed by atoms with Crippen LogP contribution in [0, 0.1) is 0 Å². The summed E-state index contributed by atoms with van der Waals surface area (Å²) >= 11 is 6.05. The van der Waals surface area contributed by atoms with Crippen LogP contribution in [0.4, 0.5) is 0 Å². The predicted octanol–water partition coefficient (Wildman–Crippen LogP) is 3.59. The van der Waals surface area contributed by atoms with Crippen LogP contribution in [0.5, 0.6) is 0 Å². The number of ether oxygens (including phenoxy) is 1. The van der Waals surface area contributed by atoms with Crippen LogP contribution in [0.15, 0.2) is 42.6 Å². The number of hydrogen-bond acceptors (Lipinski definition) is 3. The second kappa shape index (κ2) is 11.0. The van der Waals surface area contributed by atoms with E-state index in [1.54, 1.807) is 41.2 Å². The second-order valence-electron chi connectivity index (χ2n) is 7.12. The summed E-state index contributed by atoms with van der Waals surface area (Å²) in [6.07, 6.45) is 2.69. The lowest BCUT2D eigenvalue weighted by molar-refractivity contribution is -0.133. The first-order chi connectivity index (χ1) is 13.9. The molecule has 158 valence electrons. The van der Waals surface area contributed by atoms with Crippen LogP contribution in [-0.2, 0) is 23.1 Å². The van der Waals surface area contributed by atoms with Gasteiger partial charge >= 0.3 is 0 Å². The topological polar surface area (TPSA) is 54.8 Å². The summed E-state index contributed by atoms with van der Waals surface area (Å²) in [4.78, 5) is 29.6. The van der Waals surface area contributed by atoms with E-state index in [1.165, 1.54) is 0 Å². The first kappa shape index (κ1) is 23.0. The molecule has 0 saturated carbocycles. The van der Waals surface area contributed by atoms with Crippen molar-refractivity contribution in [1.29, 1.82) is 0 Å². The van der Waals surface area contributed by atoms with Gasteiger partial charge in [-0.3, -0.25) is 9.59 Å². The van der Waals surface area contributed by atoms with Crippen LogP contribution >= 0.6 is 11.6 Å². The fourth-order valence-corrected chi connectivity index (χ4v) is 3.22. The van der Waals surface area contributed by atoms with Gasteiger partial charge in [-0.15, -0.1) is 0 Å². The highest BCUT2D eigenvalue weighted by molar-refractivity contribution is 6.31. The number of aromatic nitrogens is 1. The van der Waals surface area contributed by atoms with Crippen molar-refractivity contribution >= 4 is 23.4 Å². The van der Waals surface area contributed by atoms with Gasteiger partial charge in [-0.05, 0) is 43.7 Å². The molecule has 0 bridgehead atoms. The highest BCUT2D eigenvalue weighted by Crippen LogP contribution is 2.16. The number of carbonyl (C=O) groups is 2. The molecule has 0 aliphatic heterocycles. The Bertz CT molecular complexity index is 821. The Morgan fingerprint density at radius 3 is 2.59 bits per heavy atom. The lowest BCUT2D eigenvalue weighted by Gasteiger charge is -2.31. The molecule has 0 saturated heterocycles. The molecule has 0 unspecified atom stereocenters. The fourth-order valence-electron chi connectivity index (χ4n) is 3.03. The number of hydrogen-bond donors (Lipinski definition) is 0. The minimum absolute atomic E-state index is 0.00842. The molecule has 0 aliphatic carbocycles. The van der Waals surface area contributed by atoms with Gasteiger partial charge in [0.05, 0.1) is 13.2 Å². The summed E-state index contributed by atoms with van der Waals surface area (Å²) in [5, 5.41) is 0.497. The normalized spacial score (nSPS) is 11.9. The van der Waals surface area contributed by atoms with E-state index >= 15 is 0 Å². The van der Waals surface area contributed by atoms with E-state index in [1.807, 2.05) is 43.8 Å². The summed E-state index contributed by atoms with van der Waals surface area (Å²) in [6, 6.07) is 10.7. The molecule has 0 radical (unpaired) electrons. The van der Waals surface area contributed by atoms with E-state index in [4.69, 9.17) is 16.3 Å². The smallest absolute Gasteiger partial charge is 0.254 e. The Labute approximate surface area is 178 Å². The molecular formula is C22H30ClN3O3. The summed E-state index contributed by atoms with van der Waals surface area (Å²) in [7, 11) is 3.56. The van der Waals surface area contributed by atoms with Crippen LogP contribution in [0.25, 0.3) is 0 Å². The van der Waals surface area contributed by atoms with Crippen LogP contribution in [0.1, 0.15) is 36.3 Å². The molecule has 0 fully saturated rings. The lowest BCUT2D eigenvalue weighted by Crippen LogP contribution is -2.47. The zero-order valence-electron chi connectivity index (χ0n) is 17.6. The van der Waals surface area contributed by atoms with E-state index in [0.29, 0.717) is 30.3 Å². The Morgan fingerprint density at radius 1 is 1.24 bits per heavy atom. The van der Waals surface area contributed by atoms with Gasteiger partial charge in [-0.2, -0.15) is 0 Å². The Morgan fingerprint density at radius 2 is 2.00 bits per heavy atom. The molecule has 1 aromatic heterocycles. The summed E-state index contributed by atoms with van der Waals surface area (Å²) in [5.74, 6) is -0.306. The highest BCUT2D eigenvalue weighted by Gasteiger charge is 2.26. The standard InChI is InChI=1S/C22H30ClN3O3/c1-5-17(2)26(22(28)18-8-6-9-19(23)14-18)16-21(27)25(12-13-29-4)15-20-10-7-11-24(20)3/h6-11,14,17H,5,12-13,15-16H2,1-4H3/t17-/m0/s1. The molecule has 0 spiro atoms.